The first-order chi connectivity index (χ1) is 2.89. The standard InChI is InChI=1S/C6H10.Y/c1-6-4-2-3-5-6;/h2,6H,1,3-5H2;/q-2;. The molecule has 0 spiro atoms. The van der Waals surface area contributed by atoms with Crippen LogP contribution in [0.4, 0.5) is 0 Å². The van der Waals surface area contributed by atoms with Crippen LogP contribution < -0.4 is 0 Å². The molecule has 0 heterocycles. The summed E-state index contributed by atoms with van der Waals surface area (Å²) in [6, 6.07) is 0. The van der Waals surface area contributed by atoms with Gasteiger partial charge in [0.05, 0.1) is 0 Å². The van der Waals surface area contributed by atoms with E-state index >= 15 is 0 Å². The van der Waals surface area contributed by atoms with Gasteiger partial charge in [-0.2, -0.15) is 12.3 Å². The molecule has 1 radical (unpaired) electrons. The minimum absolute atomic E-state index is 0. The topological polar surface area (TPSA) is 0 Å². The maximum atomic E-state index is 3.91. The summed E-state index contributed by atoms with van der Waals surface area (Å²) in [7, 11) is 0. The van der Waals surface area contributed by atoms with Crippen molar-refractivity contribution in [3.05, 3.63) is 13.3 Å². The van der Waals surface area contributed by atoms with Crippen molar-refractivity contribution in [2.45, 2.75) is 19.3 Å². The maximum absolute atomic E-state index is 3.91. The summed E-state index contributed by atoms with van der Waals surface area (Å²) in [5.74, 6) is 0.741. The van der Waals surface area contributed by atoms with Gasteiger partial charge in [-0.25, -0.2) is 6.42 Å². The van der Waals surface area contributed by atoms with Gasteiger partial charge < -0.3 is 13.3 Å². The molecule has 1 aliphatic rings. The number of hydrogen-bond donors (Lipinski definition) is 0. The fourth-order valence-corrected chi connectivity index (χ4v) is 0.825. The average Bonchev–Trinajstić information content (AvgIpc) is 1.86. The first-order valence-electron chi connectivity index (χ1n) is 2.54. The van der Waals surface area contributed by atoms with E-state index in [1.54, 1.807) is 0 Å². The van der Waals surface area contributed by atoms with Crippen molar-refractivity contribution in [1.82, 2.24) is 0 Å². The molecular weight excluding hydrogens is 161 g/mol. The van der Waals surface area contributed by atoms with Crippen molar-refractivity contribution in [2.24, 2.45) is 5.92 Å². The SMILES string of the molecule is [CH2-]C1C[CH-]CC1.[Y]. The Morgan fingerprint density at radius 1 is 1.57 bits per heavy atom. The van der Waals surface area contributed by atoms with Crippen molar-refractivity contribution >= 4 is 0 Å². The van der Waals surface area contributed by atoms with E-state index in [-0.39, 0.29) is 32.7 Å². The molecule has 0 bridgehead atoms. The molecule has 1 heteroatoms. The van der Waals surface area contributed by atoms with E-state index in [0.717, 1.165) is 5.92 Å². The Balaban J connectivity index is 0.000000360. The monoisotopic (exact) mass is 171 g/mol. The average molecular weight is 171 g/mol. The molecule has 1 rings (SSSR count). The quantitative estimate of drug-likeness (QED) is 0.487. The van der Waals surface area contributed by atoms with Crippen molar-refractivity contribution in [3.8, 4) is 0 Å². The molecular formula is C6H10Y-2. The third-order valence-electron chi connectivity index (χ3n) is 1.28. The largest absolute Gasteiger partial charge is 0.343 e. The summed E-state index contributed by atoms with van der Waals surface area (Å²) in [4.78, 5) is 0. The van der Waals surface area contributed by atoms with Gasteiger partial charge in [0.2, 0.25) is 0 Å². The second kappa shape index (κ2) is 4.03. The maximum Gasteiger partial charge on any atom is 0 e. The molecule has 0 N–H and O–H groups in total. The van der Waals surface area contributed by atoms with Crippen molar-refractivity contribution in [1.29, 1.82) is 0 Å². The summed E-state index contributed by atoms with van der Waals surface area (Å²) in [6.45, 7) is 3.91. The van der Waals surface area contributed by atoms with Crippen LogP contribution in [0.3, 0.4) is 0 Å². The van der Waals surface area contributed by atoms with Gasteiger partial charge in [0.15, 0.2) is 0 Å². The van der Waals surface area contributed by atoms with Crippen molar-refractivity contribution in [3.63, 3.8) is 0 Å². The summed E-state index contributed by atoms with van der Waals surface area (Å²) in [5, 5.41) is 0. The van der Waals surface area contributed by atoms with Gasteiger partial charge in [0.25, 0.3) is 0 Å². The van der Waals surface area contributed by atoms with Crippen LogP contribution in [-0.4, -0.2) is 0 Å². The van der Waals surface area contributed by atoms with Gasteiger partial charge in [-0.3, -0.25) is 0 Å². The van der Waals surface area contributed by atoms with Crippen LogP contribution in [0.15, 0.2) is 0 Å². The third-order valence-corrected chi connectivity index (χ3v) is 1.28. The van der Waals surface area contributed by atoms with E-state index in [0.29, 0.717) is 0 Å². The Morgan fingerprint density at radius 3 is 2.43 bits per heavy atom. The van der Waals surface area contributed by atoms with Crippen LogP contribution in [0, 0.1) is 19.3 Å². The Hall–Kier alpha value is 1.10. The van der Waals surface area contributed by atoms with Crippen LogP contribution in [0.25, 0.3) is 0 Å². The van der Waals surface area contributed by atoms with Gasteiger partial charge in [0, 0.05) is 32.7 Å². The Morgan fingerprint density at radius 2 is 2.29 bits per heavy atom. The molecule has 1 atom stereocenters. The first-order valence-corrected chi connectivity index (χ1v) is 2.54. The Labute approximate surface area is 70.9 Å². The molecule has 0 aliphatic heterocycles. The van der Waals surface area contributed by atoms with Crippen LogP contribution in [0.1, 0.15) is 19.3 Å². The first kappa shape index (κ1) is 8.10. The smallest absolute Gasteiger partial charge is 0 e. The van der Waals surface area contributed by atoms with Gasteiger partial charge in [-0.1, -0.05) is 0 Å². The van der Waals surface area contributed by atoms with E-state index in [4.69, 9.17) is 0 Å². The Bertz CT molecular complexity index is 37.4. The van der Waals surface area contributed by atoms with Crippen LogP contribution >= 0.6 is 0 Å². The Kier molecular flexibility index (Phi) is 4.67. The summed E-state index contributed by atoms with van der Waals surface area (Å²) in [6.07, 6.45) is 6.19. The molecule has 1 saturated carbocycles. The molecule has 39 valence electrons. The fourth-order valence-electron chi connectivity index (χ4n) is 0.825. The van der Waals surface area contributed by atoms with Gasteiger partial charge in [0.1, 0.15) is 0 Å². The molecule has 1 aliphatic carbocycles. The molecule has 0 saturated heterocycles. The normalized spacial score (nSPS) is 29.6. The number of rotatable bonds is 0. The fraction of sp³-hybridized carbons (Fsp3) is 0.667. The van der Waals surface area contributed by atoms with Gasteiger partial charge in [-0.15, -0.1) is 6.42 Å². The van der Waals surface area contributed by atoms with Gasteiger partial charge in [-0.05, 0) is 0 Å². The van der Waals surface area contributed by atoms with Crippen LogP contribution in [-0.2, 0) is 32.7 Å². The predicted molar refractivity (Wildman–Crippen MR) is 27.0 cm³/mol. The summed E-state index contributed by atoms with van der Waals surface area (Å²) >= 11 is 0. The summed E-state index contributed by atoms with van der Waals surface area (Å²) < 4.78 is 0. The molecule has 7 heavy (non-hydrogen) atoms. The van der Waals surface area contributed by atoms with Crippen molar-refractivity contribution < 1.29 is 32.7 Å². The van der Waals surface area contributed by atoms with E-state index in [1.807, 2.05) is 0 Å². The molecule has 1 unspecified atom stereocenters. The van der Waals surface area contributed by atoms with Crippen LogP contribution in [0.5, 0.6) is 0 Å². The third kappa shape index (κ3) is 2.82. The molecule has 0 nitrogen and oxygen atoms in total. The van der Waals surface area contributed by atoms with E-state index in [1.165, 1.54) is 19.3 Å². The summed E-state index contributed by atoms with van der Waals surface area (Å²) in [5.41, 5.74) is 0. The van der Waals surface area contributed by atoms with E-state index in [2.05, 4.69) is 13.3 Å². The predicted octanol–water partition coefficient (Wildman–Crippen LogP) is 1.82. The molecule has 0 aromatic rings. The zero-order chi connectivity index (χ0) is 4.41. The molecule has 0 aromatic heterocycles. The zero-order valence-electron chi connectivity index (χ0n) is 4.56. The van der Waals surface area contributed by atoms with E-state index in [9.17, 15) is 0 Å². The second-order valence-electron chi connectivity index (χ2n) is 1.97. The number of hydrogen-bond acceptors (Lipinski definition) is 0. The van der Waals surface area contributed by atoms with Crippen molar-refractivity contribution in [2.75, 3.05) is 0 Å². The zero-order valence-corrected chi connectivity index (χ0v) is 7.40. The molecule has 0 amide bonds. The van der Waals surface area contributed by atoms with E-state index < -0.39 is 0 Å². The minimum Gasteiger partial charge on any atom is -0.343 e. The molecule has 1 fully saturated rings. The van der Waals surface area contributed by atoms with Gasteiger partial charge >= 0.3 is 0 Å². The second-order valence-corrected chi connectivity index (χ2v) is 1.97. The molecule has 0 aromatic carbocycles. The van der Waals surface area contributed by atoms with Crippen LogP contribution in [0.2, 0.25) is 0 Å². The minimum atomic E-state index is 0.